The molecule has 0 radical (unpaired) electrons. The summed E-state index contributed by atoms with van der Waals surface area (Å²) < 4.78 is 5.32. The van der Waals surface area contributed by atoms with Crippen LogP contribution in [0.25, 0.3) is 10.9 Å². The third-order valence-corrected chi connectivity index (χ3v) is 4.69. The molecule has 0 fully saturated rings. The average molecular weight is 364 g/mol. The molecular formula is C22H24N2O3. The molecule has 2 N–H and O–H groups in total. The Morgan fingerprint density at radius 3 is 2.48 bits per heavy atom. The number of benzene rings is 2. The van der Waals surface area contributed by atoms with Gasteiger partial charge in [0.05, 0.1) is 0 Å². The third kappa shape index (κ3) is 4.56. The summed E-state index contributed by atoms with van der Waals surface area (Å²) in [6, 6.07) is 19.4. The lowest BCUT2D eigenvalue weighted by atomic mass is 9.96. The summed E-state index contributed by atoms with van der Waals surface area (Å²) in [5.74, 6) is -0.607. The number of nitrogens with one attached hydrogen (secondary N) is 2. The molecule has 0 aliphatic heterocycles. The number of ether oxygens (including phenoxy) is 1. The third-order valence-electron chi connectivity index (χ3n) is 4.69. The second kappa shape index (κ2) is 8.54. The van der Waals surface area contributed by atoms with Crippen LogP contribution in [-0.4, -0.2) is 29.5 Å². The van der Waals surface area contributed by atoms with Gasteiger partial charge in [-0.1, -0.05) is 55.5 Å². The molecule has 0 spiro atoms. The van der Waals surface area contributed by atoms with Crippen LogP contribution in [0.1, 0.15) is 42.2 Å². The van der Waals surface area contributed by atoms with E-state index in [9.17, 15) is 9.59 Å². The maximum absolute atomic E-state index is 12.3. The Morgan fingerprint density at radius 1 is 1.07 bits per heavy atom. The van der Waals surface area contributed by atoms with Crippen molar-refractivity contribution >= 4 is 22.8 Å². The molecular weight excluding hydrogens is 340 g/mol. The van der Waals surface area contributed by atoms with Gasteiger partial charge < -0.3 is 15.0 Å². The van der Waals surface area contributed by atoms with Crippen LogP contribution in [0.15, 0.2) is 60.7 Å². The number of hydrogen-bond donors (Lipinski definition) is 2. The number of amides is 1. The van der Waals surface area contributed by atoms with Crippen LogP contribution >= 0.6 is 0 Å². The molecule has 2 aromatic carbocycles. The van der Waals surface area contributed by atoms with Crippen molar-refractivity contribution in [1.82, 2.24) is 10.3 Å². The number of fused-ring (bicyclic) bond motifs is 1. The summed E-state index contributed by atoms with van der Waals surface area (Å²) in [6.07, 6.45) is 0.0465. The fourth-order valence-corrected chi connectivity index (χ4v) is 3.05. The summed E-state index contributed by atoms with van der Waals surface area (Å²) in [5.41, 5.74) is 2.38. The van der Waals surface area contributed by atoms with E-state index >= 15 is 0 Å². The molecule has 140 valence electrons. The van der Waals surface area contributed by atoms with Crippen molar-refractivity contribution in [3.8, 4) is 0 Å². The number of aromatic amines is 1. The number of rotatable bonds is 7. The van der Waals surface area contributed by atoms with E-state index in [1.807, 2.05) is 42.5 Å². The smallest absolute Gasteiger partial charge is 0.355 e. The van der Waals surface area contributed by atoms with Crippen molar-refractivity contribution in [2.45, 2.75) is 32.3 Å². The highest BCUT2D eigenvalue weighted by atomic mass is 16.5. The lowest BCUT2D eigenvalue weighted by Gasteiger charge is -2.18. The molecule has 0 saturated heterocycles. The summed E-state index contributed by atoms with van der Waals surface area (Å²) >= 11 is 0. The van der Waals surface area contributed by atoms with Crippen molar-refractivity contribution in [2.24, 2.45) is 0 Å². The normalized spacial score (nSPS) is 13.1. The van der Waals surface area contributed by atoms with E-state index < -0.39 is 12.1 Å². The zero-order valence-corrected chi connectivity index (χ0v) is 15.6. The van der Waals surface area contributed by atoms with E-state index in [2.05, 4.69) is 29.4 Å². The first kappa shape index (κ1) is 18.7. The van der Waals surface area contributed by atoms with Gasteiger partial charge in [0.2, 0.25) is 0 Å². The van der Waals surface area contributed by atoms with Gasteiger partial charge in [0.25, 0.3) is 5.91 Å². The molecule has 0 aliphatic rings. The van der Waals surface area contributed by atoms with Gasteiger partial charge in [-0.25, -0.2) is 4.79 Å². The quantitative estimate of drug-likeness (QED) is 0.622. The zero-order valence-electron chi connectivity index (χ0n) is 15.6. The van der Waals surface area contributed by atoms with Crippen molar-refractivity contribution in [1.29, 1.82) is 0 Å². The van der Waals surface area contributed by atoms with E-state index in [0.717, 1.165) is 17.3 Å². The Kier molecular flexibility index (Phi) is 5.91. The molecule has 1 heterocycles. The van der Waals surface area contributed by atoms with E-state index in [0.29, 0.717) is 12.2 Å². The Morgan fingerprint density at radius 2 is 1.78 bits per heavy atom. The van der Waals surface area contributed by atoms with E-state index in [4.69, 9.17) is 4.74 Å². The molecule has 27 heavy (non-hydrogen) atoms. The molecule has 3 aromatic rings. The molecule has 1 amide bonds. The molecule has 5 nitrogen and oxygen atoms in total. The molecule has 0 bridgehead atoms. The summed E-state index contributed by atoms with van der Waals surface area (Å²) in [5, 5.41) is 3.82. The summed E-state index contributed by atoms with van der Waals surface area (Å²) in [6.45, 7) is 4.18. The van der Waals surface area contributed by atoms with Gasteiger partial charge in [-0.05, 0) is 31.0 Å². The van der Waals surface area contributed by atoms with Gasteiger partial charge in [0.15, 0.2) is 6.10 Å². The Balaban J connectivity index is 1.56. The van der Waals surface area contributed by atoms with Crippen molar-refractivity contribution in [2.75, 3.05) is 6.54 Å². The maximum atomic E-state index is 12.3. The van der Waals surface area contributed by atoms with Crippen LogP contribution in [0.2, 0.25) is 0 Å². The first-order valence-electron chi connectivity index (χ1n) is 9.20. The minimum Gasteiger partial charge on any atom is -0.448 e. The zero-order chi connectivity index (χ0) is 19.2. The lowest BCUT2D eigenvalue weighted by molar-refractivity contribution is -0.129. The summed E-state index contributed by atoms with van der Waals surface area (Å²) in [4.78, 5) is 27.7. The first-order chi connectivity index (χ1) is 13.1. The number of para-hydroxylation sites is 1. The monoisotopic (exact) mass is 364 g/mol. The van der Waals surface area contributed by atoms with Crippen molar-refractivity contribution in [3.63, 3.8) is 0 Å². The highest BCUT2D eigenvalue weighted by molar-refractivity contribution is 5.96. The van der Waals surface area contributed by atoms with Crippen molar-refractivity contribution < 1.29 is 14.3 Å². The highest BCUT2D eigenvalue weighted by Gasteiger charge is 2.21. The van der Waals surface area contributed by atoms with Crippen molar-refractivity contribution in [3.05, 3.63) is 71.9 Å². The maximum Gasteiger partial charge on any atom is 0.355 e. The minimum atomic E-state index is -0.864. The molecule has 3 rings (SSSR count). The number of hydrogen-bond acceptors (Lipinski definition) is 3. The van der Waals surface area contributed by atoms with Crippen LogP contribution in [-0.2, 0) is 9.53 Å². The highest BCUT2D eigenvalue weighted by Crippen LogP contribution is 2.18. The van der Waals surface area contributed by atoms with Crippen LogP contribution in [0.5, 0.6) is 0 Å². The topological polar surface area (TPSA) is 71.2 Å². The SMILES string of the molecule is CC[C@H](CNC(=O)[C@H](C)OC(=O)c1cc2ccccc2[nH]1)c1ccccc1. The van der Waals surface area contributed by atoms with Crippen LogP contribution in [0, 0.1) is 0 Å². The number of H-pyrrole nitrogens is 1. The molecule has 0 aliphatic carbocycles. The summed E-state index contributed by atoms with van der Waals surface area (Å²) in [7, 11) is 0. The Bertz CT molecular complexity index is 884. The van der Waals surface area contributed by atoms with Crippen LogP contribution in [0.4, 0.5) is 0 Å². The van der Waals surface area contributed by atoms with Gasteiger partial charge >= 0.3 is 5.97 Å². The number of carbonyl (C=O) groups excluding carboxylic acids is 2. The van der Waals surface area contributed by atoms with Gasteiger partial charge in [0, 0.05) is 23.4 Å². The van der Waals surface area contributed by atoms with Gasteiger partial charge in [-0.2, -0.15) is 0 Å². The number of esters is 1. The number of carbonyl (C=O) groups is 2. The Labute approximate surface area is 158 Å². The van der Waals surface area contributed by atoms with E-state index in [1.165, 1.54) is 5.56 Å². The van der Waals surface area contributed by atoms with Gasteiger partial charge in [-0.3, -0.25) is 4.79 Å². The molecule has 1 aromatic heterocycles. The lowest BCUT2D eigenvalue weighted by Crippen LogP contribution is -2.38. The molecule has 2 atom stereocenters. The molecule has 0 unspecified atom stereocenters. The Hall–Kier alpha value is -3.08. The van der Waals surface area contributed by atoms with Gasteiger partial charge in [0.1, 0.15) is 5.69 Å². The second-order valence-corrected chi connectivity index (χ2v) is 6.58. The second-order valence-electron chi connectivity index (χ2n) is 6.58. The first-order valence-corrected chi connectivity index (χ1v) is 9.20. The predicted molar refractivity (Wildman–Crippen MR) is 106 cm³/mol. The molecule has 0 saturated carbocycles. The fraction of sp³-hybridized carbons (Fsp3) is 0.273. The number of aromatic nitrogens is 1. The average Bonchev–Trinajstić information content (AvgIpc) is 3.13. The van der Waals surface area contributed by atoms with E-state index in [1.54, 1.807) is 13.0 Å². The molecule has 5 heteroatoms. The fourth-order valence-electron chi connectivity index (χ4n) is 3.05. The van der Waals surface area contributed by atoms with Gasteiger partial charge in [-0.15, -0.1) is 0 Å². The largest absolute Gasteiger partial charge is 0.448 e. The van der Waals surface area contributed by atoms with Crippen LogP contribution < -0.4 is 5.32 Å². The minimum absolute atomic E-state index is 0.228. The predicted octanol–water partition coefficient (Wildman–Crippen LogP) is 4.02. The van der Waals surface area contributed by atoms with E-state index in [-0.39, 0.29) is 11.8 Å². The van der Waals surface area contributed by atoms with Crippen LogP contribution in [0.3, 0.4) is 0 Å². The standard InChI is InChI=1S/C22H24N2O3/c1-3-16(17-9-5-4-6-10-17)14-23-21(25)15(2)27-22(26)20-13-18-11-7-8-12-19(18)24-20/h4-13,15-16,24H,3,14H2,1-2H3,(H,23,25)/t15-,16+/m0/s1.